The molecular weight excluding hydrogens is 317 g/mol. The first-order valence-electron chi connectivity index (χ1n) is 5.03. The van der Waals surface area contributed by atoms with Crippen molar-refractivity contribution in [1.82, 2.24) is 0 Å². The molecule has 16 heavy (non-hydrogen) atoms. The molecule has 88 valence electrons. The van der Waals surface area contributed by atoms with Gasteiger partial charge in [0.05, 0.1) is 5.69 Å². The highest BCUT2D eigenvalue weighted by Gasteiger charge is 2.28. The second-order valence-electron chi connectivity index (χ2n) is 4.72. The Balaban J connectivity index is 3.28. The molecular formula is C12H16INO2. The summed E-state index contributed by atoms with van der Waals surface area (Å²) in [5.74, 6) is 0. The highest BCUT2D eigenvalue weighted by molar-refractivity contribution is 14.1. The zero-order chi connectivity index (χ0) is 12.5. The molecule has 0 radical (unpaired) electrons. The third-order valence-electron chi connectivity index (χ3n) is 2.26. The molecule has 0 heterocycles. The maximum Gasteiger partial charge on any atom is 0.412 e. The van der Waals surface area contributed by atoms with Gasteiger partial charge in [-0.2, -0.15) is 0 Å². The van der Waals surface area contributed by atoms with E-state index >= 15 is 0 Å². The summed E-state index contributed by atoms with van der Waals surface area (Å²) >= 11 is 2.22. The van der Waals surface area contributed by atoms with Gasteiger partial charge < -0.3 is 5.11 Å². The maximum absolute atomic E-state index is 11.3. The first-order valence-corrected chi connectivity index (χ1v) is 6.10. The molecule has 0 atom stereocenters. The molecule has 3 nitrogen and oxygen atoms in total. The number of nitrogens with zero attached hydrogens (tertiary/aromatic N) is 1. The van der Waals surface area contributed by atoms with Crippen LogP contribution in [-0.4, -0.2) is 16.7 Å². The lowest BCUT2D eigenvalue weighted by molar-refractivity contribution is 0.195. The van der Waals surface area contributed by atoms with Crippen molar-refractivity contribution in [3.63, 3.8) is 0 Å². The van der Waals surface area contributed by atoms with Crippen molar-refractivity contribution >= 4 is 34.4 Å². The average molecular weight is 333 g/mol. The number of carboxylic acid groups (broad SMARTS) is 1. The Morgan fingerprint density at radius 2 is 1.94 bits per heavy atom. The van der Waals surface area contributed by atoms with Gasteiger partial charge in [0.15, 0.2) is 0 Å². The molecule has 1 aromatic carbocycles. The van der Waals surface area contributed by atoms with Gasteiger partial charge in [0.25, 0.3) is 0 Å². The number of benzene rings is 1. The Morgan fingerprint density at radius 1 is 1.38 bits per heavy atom. The van der Waals surface area contributed by atoms with Crippen LogP contribution in [-0.2, 0) is 0 Å². The Hall–Kier alpha value is -0.780. The number of hydrogen-bond acceptors (Lipinski definition) is 1. The van der Waals surface area contributed by atoms with E-state index < -0.39 is 11.6 Å². The number of amides is 1. The van der Waals surface area contributed by atoms with Crippen molar-refractivity contribution in [2.45, 2.75) is 33.2 Å². The van der Waals surface area contributed by atoms with E-state index in [-0.39, 0.29) is 0 Å². The van der Waals surface area contributed by atoms with E-state index in [1.165, 1.54) is 4.90 Å². The van der Waals surface area contributed by atoms with E-state index in [0.717, 1.165) is 14.8 Å². The highest BCUT2D eigenvalue weighted by atomic mass is 127. The van der Waals surface area contributed by atoms with Gasteiger partial charge in [0.2, 0.25) is 0 Å². The van der Waals surface area contributed by atoms with Crippen LogP contribution in [0.5, 0.6) is 0 Å². The summed E-state index contributed by atoms with van der Waals surface area (Å²) in [4.78, 5) is 12.7. The van der Waals surface area contributed by atoms with Crippen molar-refractivity contribution in [2.75, 3.05) is 4.90 Å². The van der Waals surface area contributed by atoms with Crippen LogP contribution in [0.25, 0.3) is 0 Å². The molecule has 0 aliphatic carbocycles. The summed E-state index contributed by atoms with van der Waals surface area (Å²) in [5.41, 5.74) is 1.29. The molecule has 1 amide bonds. The fourth-order valence-electron chi connectivity index (χ4n) is 1.62. The predicted octanol–water partition coefficient (Wildman–Crippen LogP) is 3.88. The summed E-state index contributed by atoms with van der Waals surface area (Å²) < 4.78 is 1.11. The fourth-order valence-corrected chi connectivity index (χ4v) is 2.27. The van der Waals surface area contributed by atoms with Gasteiger partial charge in [-0.05, 0) is 74.0 Å². The van der Waals surface area contributed by atoms with Gasteiger partial charge in [-0.3, -0.25) is 4.90 Å². The molecule has 0 saturated carbocycles. The van der Waals surface area contributed by atoms with Crippen LogP contribution in [0.3, 0.4) is 0 Å². The Bertz CT molecular complexity index is 410. The summed E-state index contributed by atoms with van der Waals surface area (Å²) in [5, 5.41) is 9.28. The lowest BCUT2D eigenvalue weighted by Crippen LogP contribution is -2.45. The zero-order valence-corrected chi connectivity index (χ0v) is 12.1. The molecule has 1 N–H and O–H groups in total. The Morgan fingerprint density at radius 3 is 2.31 bits per heavy atom. The van der Waals surface area contributed by atoms with Crippen LogP contribution < -0.4 is 4.90 Å². The standard InChI is InChI=1S/C12H16INO2/c1-8-7-9(13)5-6-10(8)14(11(15)16)12(2,3)4/h5-7H,1-4H3,(H,15,16). The number of halogens is 1. The third-order valence-corrected chi connectivity index (χ3v) is 2.93. The molecule has 0 aliphatic heterocycles. The smallest absolute Gasteiger partial charge is 0.412 e. The molecule has 0 unspecified atom stereocenters. The van der Waals surface area contributed by atoms with E-state index in [1.807, 2.05) is 45.9 Å². The summed E-state index contributed by atoms with van der Waals surface area (Å²) in [6.07, 6.45) is -0.920. The Labute approximate surface area is 110 Å². The third kappa shape index (κ3) is 2.87. The van der Waals surface area contributed by atoms with Crippen molar-refractivity contribution in [3.05, 3.63) is 27.3 Å². The normalized spacial score (nSPS) is 11.3. The molecule has 1 aromatic rings. The van der Waals surface area contributed by atoms with Gasteiger partial charge in [0, 0.05) is 9.11 Å². The molecule has 0 spiro atoms. The molecule has 1 rings (SSSR count). The monoisotopic (exact) mass is 333 g/mol. The largest absolute Gasteiger partial charge is 0.465 e. The number of aryl methyl sites for hydroxylation is 1. The second-order valence-corrected chi connectivity index (χ2v) is 5.97. The SMILES string of the molecule is Cc1cc(I)ccc1N(C(=O)O)C(C)(C)C. The van der Waals surface area contributed by atoms with E-state index in [9.17, 15) is 9.90 Å². The van der Waals surface area contributed by atoms with Gasteiger partial charge in [-0.25, -0.2) is 4.79 Å². The number of rotatable bonds is 1. The minimum absolute atomic E-state index is 0.441. The minimum Gasteiger partial charge on any atom is -0.465 e. The summed E-state index contributed by atoms with van der Waals surface area (Å²) in [6.45, 7) is 7.59. The van der Waals surface area contributed by atoms with Crippen LogP contribution in [0, 0.1) is 10.5 Å². The lowest BCUT2D eigenvalue weighted by atomic mass is 10.0. The average Bonchev–Trinajstić information content (AvgIpc) is 2.06. The van der Waals surface area contributed by atoms with Crippen LogP contribution >= 0.6 is 22.6 Å². The summed E-state index contributed by atoms with van der Waals surface area (Å²) in [6, 6.07) is 5.76. The summed E-state index contributed by atoms with van der Waals surface area (Å²) in [7, 11) is 0. The van der Waals surface area contributed by atoms with Crippen LogP contribution in [0.2, 0.25) is 0 Å². The Kier molecular flexibility index (Phi) is 3.83. The van der Waals surface area contributed by atoms with Gasteiger partial charge in [-0.15, -0.1) is 0 Å². The second kappa shape index (κ2) is 4.61. The maximum atomic E-state index is 11.3. The van der Waals surface area contributed by atoms with Gasteiger partial charge in [-0.1, -0.05) is 0 Å². The molecule has 0 aromatic heterocycles. The molecule has 4 heteroatoms. The van der Waals surface area contributed by atoms with E-state index in [0.29, 0.717) is 0 Å². The van der Waals surface area contributed by atoms with Crippen LogP contribution in [0.4, 0.5) is 10.5 Å². The van der Waals surface area contributed by atoms with Crippen molar-refractivity contribution in [1.29, 1.82) is 0 Å². The van der Waals surface area contributed by atoms with Gasteiger partial charge in [0.1, 0.15) is 0 Å². The van der Waals surface area contributed by atoms with Crippen molar-refractivity contribution < 1.29 is 9.90 Å². The minimum atomic E-state index is -0.920. The predicted molar refractivity (Wildman–Crippen MR) is 74.2 cm³/mol. The first kappa shape index (κ1) is 13.3. The number of anilines is 1. The van der Waals surface area contributed by atoms with Crippen molar-refractivity contribution in [3.8, 4) is 0 Å². The van der Waals surface area contributed by atoms with Crippen LogP contribution in [0.15, 0.2) is 18.2 Å². The lowest BCUT2D eigenvalue weighted by Gasteiger charge is -2.34. The van der Waals surface area contributed by atoms with E-state index in [4.69, 9.17) is 0 Å². The molecule has 0 saturated heterocycles. The highest BCUT2D eigenvalue weighted by Crippen LogP contribution is 2.28. The van der Waals surface area contributed by atoms with E-state index in [1.54, 1.807) is 0 Å². The fraction of sp³-hybridized carbons (Fsp3) is 0.417. The van der Waals surface area contributed by atoms with E-state index in [2.05, 4.69) is 22.6 Å². The quantitative estimate of drug-likeness (QED) is 0.793. The van der Waals surface area contributed by atoms with Gasteiger partial charge >= 0.3 is 6.09 Å². The first-order chi connectivity index (χ1) is 7.23. The molecule has 0 fully saturated rings. The molecule has 0 bridgehead atoms. The number of carbonyl (C=O) groups is 1. The molecule has 0 aliphatic rings. The zero-order valence-electron chi connectivity index (χ0n) is 9.91. The number of hydrogen-bond donors (Lipinski definition) is 1. The topological polar surface area (TPSA) is 40.5 Å². The van der Waals surface area contributed by atoms with Crippen LogP contribution in [0.1, 0.15) is 26.3 Å². The van der Waals surface area contributed by atoms with Crippen molar-refractivity contribution in [2.24, 2.45) is 0 Å².